The van der Waals surface area contributed by atoms with Gasteiger partial charge in [0.25, 0.3) is 0 Å². The second kappa shape index (κ2) is 15.6. The molecule has 0 aliphatic heterocycles. The Morgan fingerprint density at radius 2 is 1.35 bits per heavy atom. The van der Waals surface area contributed by atoms with E-state index in [9.17, 15) is 14.4 Å². The lowest BCUT2D eigenvalue weighted by Crippen LogP contribution is -2.00. The van der Waals surface area contributed by atoms with E-state index in [-0.39, 0.29) is 22.2 Å². The van der Waals surface area contributed by atoms with Crippen LogP contribution in [0.25, 0.3) is 11.3 Å². The van der Waals surface area contributed by atoms with Crippen molar-refractivity contribution in [1.82, 2.24) is 4.98 Å². The van der Waals surface area contributed by atoms with Gasteiger partial charge in [-0.2, -0.15) is 5.26 Å². The Morgan fingerprint density at radius 1 is 0.853 bits per heavy atom. The number of aromatic nitrogens is 1. The monoisotopic (exact) mass is 552 g/mol. The van der Waals surface area contributed by atoms with Gasteiger partial charge in [0.05, 0.1) is 16.8 Å². The lowest BCUT2D eigenvalue weighted by molar-refractivity contribution is 0.101. The highest BCUT2D eigenvalue weighted by Gasteiger charge is 2.03. The van der Waals surface area contributed by atoms with Crippen molar-refractivity contribution in [2.24, 2.45) is 0 Å². The van der Waals surface area contributed by atoms with Crippen LogP contribution in [0.3, 0.4) is 0 Å². The van der Waals surface area contributed by atoms with Gasteiger partial charge >= 0.3 is 4.87 Å². The van der Waals surface area contributed by atoms with Gasteiger partial charge in [0.1, 0.15) is 5.40 Å². The van der Waals surface area contributed by atoms with Crippen LogP contribution in [-0.2, 0) is 0 Å². The summed E-state index contributed by atoms with van der Waals surface area (Å²) in [4.78, 5) is 35.8. The predicted molar refractivity (Wildman–Crippen MR) is 144 cm³/mol. The second-order valence-corrected chi connectivity index (χ2v) is 8.68. The zero-order chi connectivity index (χ0) is 24.6. The molecule has 0 bridgehead atoms. The molecule has 0 spiro atoms. The maximum Gasteiger partial charge on any atom is 0.304 e. The van der Waals surface area contributed by atoms with Crippen LogP contribution >= 0.6 is 39.0 Å². The third kappa shape index (κ3) is 9.71. The maximum atomic E-state index is 11.2. The quantitative estimate of drug-likeness (QED) is 0.168. The van der Waals surface area contributed by atoms with Gasteiger partial charge < -0.3 is 4.98 Å². The average molecular weight is 554 g/mol. The van der Waals surface area contributed by atoms with Gasteiger partial charge in [0, 0.05) is 16.5 Å². The first-order valence-electron chi connectivity index (χ1n) is 10.0. The molecule has 0 aliphatic rings. The Labute approximate surface area is 214 Å². The summed E-state index contributed by atoms with van der Waals surface area (Å²) in [6.07, 6.45) is 0. The third-order valence-corrected chi connectivity index (χ3v) is 5.90. The topological polar surface area (TPSA) is 90.8 Å². The van der Waals surface area contributed by atoms with Gasteiger partial charge in [-0.3, -0.25) is 14.4 Å². The van der Waals surface area contributed by atoms with E-state index in [1.165, 1.54) is 11.3 Å². The largest absolute Gasteiger partial charge is 0.312 e. The van der Waals surface area contributed by atoms with Crippen LogP contribution in [-0.4, -0.2) is 27.6 Å². The van der Waals surface area contributed by atoms with E-state index in [1.54, 1.807) is 12.1 Å². The molecule has 172 valence electrons. The molecule has 5 nitrogen and oxygen atoms in total. The molecule has 34 heavy (non-hydrogen) atoms. The molecule has 0 unspecified atom stereocenters. The van der Waals surface area contributed by atoms with Crippen molar-refractivity contribution in [3.05, 3.63) is 117 Å². The normalized spacial score (nSPS) is 9.41. The zero-order valence-electron chi connectivity index (χ0n) is 18.0. The van der Waals surface area contributed by atoms with Crippen LogP contribution in [0.15, 0.2) is 101 Å². The number of alkyl halides is 1. The summed E-state index contributed by atoms with van der Waals surface area (Å²) < 4.78 is 0. The SMILES string of the molecule is N#CSCC(=O)c1ccccc1.O=C(CBr)c1ccccc1.O=c1[nH]c(-c2ccccc2)cs1. The van der Waals surface area contributed by atoms with Crippen LogP contribution in [0, 0.1) is 10.7 Å². The molecule has 1 heterocycles. The lowest BCUT2D eigenvalue weighted by atomic mass is 10.2. The smallest absolute Gasteiger partial charge is 0.304 e. The number of nitriles is 1. The van der Waals surface area contributed by atoms with Crippen molar-refractivity contribution in [3.8, 4) is 16.7 Å². The number of carbonyl (C=O) groups excluding carboxylic acids is 2. The molecule has 3 aromatic carbocycles. The number of aromatic amines is 1. The van der Waals surface area contributed by atoms with E-state index < -0.39 is 0 Å². The number of benzene rings is 3. The number of thioether (sulfide) groups is 1. The van der Waals surface area contributed by atoms with Gasteiger partial charge in [-0.25, -0.2) is 0 Å². The molecule has 8 heteroatoms. The number of carbonyl (C=O) groups is 2. The summed E-state index contributed by atoms with van der Waals surface area (Å²) in [6.45, 7) is 0. The Hall–Kier alpha value is -3.25. The van der Waals surface area contributed by atoms with Crippen LogP contribution in [0.4, 0.5) is 0 Å². The Bertz CT molecular complexity index is 1250. The summed E-state index contributed by atoms with van der Waals surface area (Å²) in [6, 6.07) is 28.0. The molecule has 0 fully saturated rings. The van der Waals surface area contributed by atoms with E-state index in [4.69, 9.17) is 5.26 Å². The first-order valence-corrected chi connectivity index (χ1v) is 13.0. The average Bonchev–Trinajstić information content (AvgIpc) is 3.35. The summed E-state index contributed by atoms with van der Waals surface area (Å²) in [5.74, 6) is 0.364. The second-order valence-electron chi connectivity index (χ2n) is 6.52. The molecule has 0 saturated heterocycles. The van der Waals surface area contributed by atoms with Crippen LogP contribution in [0.5, 0.6) is 0 Å². The highest BCUT2D eigenvalue weighted by atomic mass is 79.9. The van der Waals surface area contributed by atoms with Crippen molar-refractivity contribution >= 4 is 50.6 Å². The summed E-state index contributed by atoms with van der Waals surface area (Å²) >= 11 is 5.26. The molecule has 0 amide bonds. The van der Waals surface area contributed by atoms with Crippen LogP contribution < -0.4 is 4.87 Å². The van der Waals surface area contributed by atoms with E-state index in [2.05, 4.69) is 20.9 Å². The zero-order valence-corrected chi connectivity index (χ0v) is 21.2. The number of hydrogen-bond donors (Lipinski definition) is 1. The number of hydrogen-bond acceptors (Lipinski definition) is 6. The number of nitrogens with zero attached hydrogens (tertiary/aromatic N) is 1. The lowest BCUT2D eigenvalue weighted by Gasteiger charge is -1.94. The molecule has 4 aromatic rings. The minimum atomic E-state index is -0.00569. The standard InChI is InChI=1S/2C9H7NOS.C8H7BrO/c11-9-10-8(6-12-9)7-4-2-1-3-5-7;10-7-12-6-9(11)8-4-2-1-3-5-8;9-6-8(10)7-4-2-1-3-5-7/h1-6H,(H,10,11);1-5H,6H2;1-5H,6H2. The molecule has 0 atom stereocenters. The van der Waals surface area contributed by atoms with Gasteiger partial charge in [-0.1, -0.05) is 118 Å². The molecule has 0 radical (unpaired) electrons. The fraction of sp³-hybridized carbons (Fsp3) is 0.0769. The molecule has 1 N–H and O–H groups in total. The number of nitrogens with one attached hydrogen (secondary N) is 1. The van der Waals surface area contributed by atoms with Crippen molar-refractivity contribution in [3.63, 3.8) is 0 Å². The summed E-state index contributed by atoms with van der Waals surface area (Å²) in [5, 5.41) is 12.3. The highest BCUT2D eigenvalue weighted by molar-refractivity contribution is 9.09. The highest BCUT2D eigenvalue weighted by Crippen LogP contribution is 2.15. The number of ketones is 2. The van der Waals surface area contributed by atoms with Crippen molar-refractivity contribution in [1.29, 1.82) is 5.26 Å². The minimum Gasteiger partial charge on any atom is -0.312 e. The molecule has 0 saturated carbocycles. The Kier molecular flexibility index (Phi) is 12.4. The van der Waals surface area contributed by atoms with Gasteiger partial charge in [0.15, 0.2) is 11.6 Å². The fourth-order valence-electron chi connectivity index (χ4n) is 2.55. The molecule has 4 rings (SSSR count). The van der Waals surface area contributed by atoms with Crippen LogP contribution in [0.1, 0.15) is 20.7 Å². The number of Topliss-reactive ketones (excluding diaryl/α,β-unsaturated/α-hetero) is 2. The first kappa shape index (κ1) is 27.0. The molecule has 0 aliphatic carbocycles. The first-order chi connectivity index (χ1) is 16.5. The molecular formula is C26H21BrN2O3S2. The number of rotatable bonds is 6. The fourth-order valence-corrected chi connectivity index (χ4v) is 3.82. The van der Waals surface area contributed by atoms with Crippen molar-refractivity contribution in [2.75, 3.05) is 11.1 Å². The minimum absolute atomic E-state index is 0.00199. The van der Waals surface area contributed by atoms with E-state index in [1.807, 2.05) is 89.6 Å². The Morgan fingerprint density at radius 3 is 1.79 bits per heavy atom. The molecular weight excluding hydrogens is 532 g/mol. The molecule has 1 aromatic heterocycles. The number of thiocyanates is 1. The van der Waals surface area contributed by atoms with E-state index in [0.29, 0.717) is 10.9 Å². The van der Waals surface area contributed by atoms with Crippen LogP contribution in [0.2, 0.25) is 0 Å². The maximum absolute atomic E-state index is 11.2. The Balaban J connectivity index is 0.000000181. The van der Waals surface area contributed by atoms with Gasteiger partial charge in [-0.05, 0) is 17.3 Å². The summed E-state index contributed by atoms with van der Waals surface area (Å²) in [5.41, 5.74) is 3.38. The third-order valence-electron chi connectivity index (χ3n) is 4.19. The van der Waals surface area contributed by atoms with Crippen molar-refractivity contribution < 1.29 is 9.59 Å². The van der Waals surface area contributed by atoms with Gasteiger partial charge in [0.2, 0.25) is 0 Å². The van der Waals surface area contributed by atoms with E-state index >= 15 is 0 Å². The number of halogens is 1. The number of H-pyrrole nitrogens is 1. The predicted octanol–water partition coefficient (Wildman–Crippen LogP) is 6.45. The van der Waals surface area contributed by atoms with Crippen molar-refractivity contribution in [2.45, 2.75) is 0 Å². The van der Waals surface area contributed by atoms with E-state index in [0.717, 1.165) is 28.6 Å². The summed E-state index contributed by atoms with van der Waals surface area (Å²) in [7, 11) is 0. The number of thiazole rings is 1. The van der Waals surface area contributed by atoms with Gasteiger partial charge in [-0.15, -0.1) is 0 Å².